The minimum Gasteiger partial charge on any atom is -0.476 e. The fourth-order valence-electron chi connectivity index (χ4n) is 2.20. The molecule has 19 heavy (non-hydrogen) atoms. The summed E-state index contributed by atoms with van der Waals surface area (Å²) < 4.78 is 0. The van der Waals surface area contributed by atoms with Crippen molar-refractivity contribution in [1.29, 1.82) is 0 Å². The highest BCUT2D eigenvalue weighted by molar-refractivity contribution is 7.99. The van der Waals surface area contributed by atoms with Crippen molar-refractivity contribution in [2.45, 2.75) is 12.5 Å². The van der Waals surface area contributed by atoms with Crippen LogP contribution in [-0.4, -0.2) is 38.8 Å². The predicted octanol–water partition coefficient (Wildman–Crippen LogP) is 2.25. The van der Waals surface area contributed by atoms with E-state index in [0.717, 1.165) is 23.3 Å². The molecule has 2 N–H and O–H groups in total. The van der Waals surface area contributed by atoms with Gasteiger partial charge in [-0.1, -0.05) is 18.2 Å². The van der Waals surface area contributed by atoms with Gasteiger partial charge in [-0.05, 0) is 18.2 Å². The molecule has 0 amide bonds. The number of aromatic nitrogens is 2. The molecule has 0 saturated carbocycles. The van der Waals surface area contributed by atoms with E-state index in [4.69, 9.17) is 0 Å². The van der Waals surface area contributed by atoms with Gasteiger partial charge < -0.3 is 10.4 Å². The minimum atomic E-state index is -1.05. The maximum atomic E-state index is 11.3. The van der Waals surface area contributed by atoms with Gasteiger partial charge in [-0.3, -0.25) is 0 Å². The molecule has 1 aromatic heterocycles. The number of nitrogens with zero attached hydrogens (tertiary/aromatic N) is 2. The van der Waals surface area contributed by atoms with Crippen molar-refractivity contribution in [3.8, 4) is 0 Å². The lowest BCUT2D eigenvalue weighted by Gasteiger charge is -2.16. The standard InChI is InChI=1S/C13H13N3O2S/c17-13(18)12-11(14-8-5-6-19-7-8)9-3-1-2-4-10(9)15-16-12/h1-4,8H,5-7H2,(H,14,15)(H,17,18). The van der Waals surface area contributed by atoms with Gasteiger partial charge in [-0.2, -0.15) is 11.8 Å². The third kappa shape index (κ3) is 2.35. The largest absolute Gasteiger partial charge is 0.476 e. The van der Waals surface area contributed by atoms with Crippen LogP contribution in [0.25, 0.3) is 10.9 Å². The van der Waals surface area contributed by atoms with Gasteiger partial charge in [-0.15, -0.1) is 10.2 Å². The first-order chi connectivity index (χ1) is 9.25. The van der Waals surface area contributed by atoms with Crippen LogP contribution in [0.5, 0.6) is 0 Å². The summed E-state index contributed by atoms with van der Waals surface area (Å²) in [4.78, 5) is 11.3. The molecule has 1 unspecified atom stereocenters. The topological polar surface area (TPSA) is 75.1 Å². The lowest BCUT2D eigenvalue weighted by atomic mass is 10.1. The van der Waals surface area contributed by atoms with Crippen LogP contribution in [0.15, 0.2) is 24.3 Å². The number of thioether (sulfide) groups is 1. The van der Waals surface area contributed by atoms with Gasteiger partial charge >= 0.3 is 5.97 Å². The first-order valence-corrected chi connectivity index (χ1v) is 7.24. The molecule has 2 heterocycles. The van der Waals surface area contributed by atoms with Gasteiger partial charge in [0.05, 0.1) is 11.2 Å². The number of fused-ring (bicyclic) bond motifs is 1. The second-order valence-corrected chi connectivity index (χ2v) is 5.60. The van der Waals surface area contributed by atoms with E-state index in [1.165, 1.54) is 0 Å². The van der Waals surface area contributed by atoms with E-state index in [9.17, 15) is 9.90 Å². The molecule has 0 bridgehead atoms. The molecule has 3 rings (SSSR count). The molecule has 1 aliphatic rings. The number of benzene rings is 1. The third-order valence-electron chi connectivity index (χ3n) is 3.15. The minimum absolute atomic E-state index is 0.00407. The van der Waals surface area contributed by atoms with Crippen molar-refractivity contribution in [1.82, 2.24) is 10.2 Å². The predicted molar refractivity (Wildman–Crippen MR) is 75.9 cm³/mol. The van der Waals surface area contributed by atoms with Gasteiger partial charge in [0.15, 0.2) is 5.69 Å². The Labute approximate surface area is 114 Å². The van der Waals surface area contributed by atoms with E-state index < -0.39 is 5.97 Å². The highest BCUT2D eigenvalue weighted by Crippen LogP contribution is 2.28. The molecule has 0 spiro atoms. The normalized spacial score (nSPS) is 18.6. The SMILES string of the molecule is O=C(O)c1nnc2ccccc2c1NC1CCSC1. The van der Waals surface area contributed by atoms with Gasteiger partial charge in [0.1, 0.15) is 0 Å². The molecule has 1 aromatic carbocycles. The van der Waals surface area contributed by atoms with E-state index in [0.29, 0.717) is 17.2 Å². The lowest BCUT2D eigenvalue weighted by Crippen LogP contribution is -2.21. The summed E-state index contributed by atoms with van der Waals surface area (Å²) >= 11 is 1.88. The number of rotatable bonds is 3. The summed E-state index contributed by atoms with van der Waals surface area (Å²) in [5.74, 6) is 1.05. The van der Waals surface area contributed by atoms with Gasteiger partial charge in [0.2, 0.25) is 0 Å². The van der Waals surface area contributed by atoms with E-state index in [2.05, 4.69) is 15.5 Å². The summed E-state index contributed by atoms with van der Waals surface area (Å²) in [6, 6.07) is 7.76. The third-order valence-corrected chi connectivity index (χ3v) is 4.31. The maximum Gasteiger partial charge on any atom is 0.358 e. The number of aromatic carboxylic acids is 1. The van der Waals surface area contributed by atoms with Crippen LogP contribution >= 0.6 is 11.8 Å². The number of nitrogens with one attached hydrogen (secondary N) is 1. The van der Waals surface area contributed by atoms with Gasteiger partial charge in [-0.25, -0.2) is 4.79 Å². The Morgan fingerprint density at radius 3 is 2.95 bits per heavy atom. The Balaban J connectivity index is 2.10. The van der Waals surface area contributed by atoms with Crippen molar-refractivity contribution in [2.24, 2.45) is 0 Å². The number of anilines is 1. The van der Waals surface area contributed by atoms with Crippen LogP contribution in [0.3, 0.4) is 0 Å². The zero-order chi connectivity index (χ0) is 13.2. The zero-order valence-corrected chi connectivity index (χ0v) is 11.0. The quantitative estimate of drug-likeness (QED) is 0.894. The Bertz CT molecular complexity index is 626. The number of carboxylic acids is 1. The fraction of sp³-hybridized carbons (Fsp3) is 0.308. The van der Waals surface area contributed by atoms with Crippen LogP contribution in [0.1, 0.15) is 16.9 Å². The highest BCUT2D eigenvalue weighted by Gasteiger charge is 2.21. The molecule has 1 fully saturated rings. The van der Waals surface area contributed by atoms with Gasteiger partial charge in [0.25, 0.3) is 0 Å². The van der Waals surface area contributed by atoms with E-state index in [1.54, 1.807) is 0 Å². The Kier molecular flexibility index (Phi) is 3.25. The second kappa shape index (κ2) is 5.05. The molecule has 5 nitrogen and oxygen atoms in total. The Morgan fingerprint density at radius 2 is 2.21 bits per heavy atom. The lowest BCUT2D eigenvalue weighted by molar-refractivity contribution is 0.0690. The summed E-state index contributed by atoms with van der Waals surface area (Å²) in [7, 11) is 0. The van der Waals surface area contributed by atoms with Crippen molar-refractivity contribution in [3.63, 3.8) is 0 Å². The van der Waals surface area contributed by atoms with E-state index in [-0.39, 0.29) is 5.69 Å². The molecular formula is C13H13N3O2S. The summed E-state index contributed by atoms with van der Waals surface area (Å²) in [6.45, 7) is 0. The van der Waals surface area contributed by atoms with Crippen LogP contribution in [0.4, 0.5) is 5.69 Å². The first-order valence-electron chi connectivity index (χ1n) is 6.08. The van der Waals surface area contributed by atoms with Crippen molar-refractivity contribution in [2.75, 3.05) is 16.8 Å². The Hall–Kier alpha value is -1.82. The number of hydrogen-bond donors (Lipinski definition) is 2. The summed E-state index contributed by atoms with van der Waals surface area (Å²) in [5.41, 5.74) is 1.29. The molecule has 1 aliphatic heterocycles. The molecule has 6 heteroatoms. The second-order valence-electron chi connectivity index (χ2n) is 4.45. The fourth-order valence-corrected chi connectivity index (χ4v) is 3.35. The molecule has 0 aliphatic carbocycles. The highest BCUT2D eigenvalue weighted by atomic mass is 32.2. The van der Waals surface area contributed by atoms with Gasteiger partial charge in [0, 0.05) is 17.2 Å². The number of carbonyl (C=O) groups is 1. The zero-order valence-electron chi connectivity index (χ0n) is 10.2. The monoisotopic (exact) mass is 275 g/mol. The van der Waals surface area contributed by atoms with Crippen molar-refractivity contribution >= 4 is 34.3 Å². The van der Waals surface area contributed by atoms with Crippen LogP contribution in [0, 0.1) is 0 Å². The molecule has 98 valence electrons. The molecule has 0 radical (unpaired) electrons. The van der Waals surface area contributed by atoms with Crippen molar-refractivity contribution < 1.29 is 9.90 Å². The van der Waals surface area contributed by atoms with Crippen LogP contribution in [0.2, 0.25) is 0 Å². The average Bonchev–Trinajstić information content (AvgIpc) is 2.92. The Morgan fingerprint density at radius 1 is 1.37 bits per heavy atom. The van der Waals surface area contributed by atoms with Crippen molar-refractivity contribution in [3.05, 3.63) is 30.0 Å². The smallest absolute Gasteiger partial charge is 0.358 e. The molecule has 1 saturated heterocycles. The van der Waals surface area contributed by atoms with E-state index in [1.807, 2.05) is 36.0 Å². The average molecular weight is 275 g/mol. The summed E-state index contributed by atoms with van der Waals surface area (Å²) in [6.07, 6.45) is 1.04. The molecule has 1 atom stereocenters. The maximum absolute atomic E-state index is 11.3. The molecule has 2 aromatic rings. The van der Waals surface area contributed by atoms with Crippen LogP contribution in [-0.2, 0) is 0 Å². The summed E-state index contributed by atoms with van der Waals surface area (Å²) in [5, 5.41) is 21.2. The number of carboxylic acid groups (broad SMARTS) is 1. The first kappa shape index (κ1) is 12.2. The number of hydrogen-bond acceptors (Lipinski definition) is 5. The van der Waals surface area contributed by atoms with E-state index >= 15 is 0 Å². The molecular weight excluding hydrogens is 262 g/mol. The van der Waals surface area contributed by atoms with Crippen LogP contribution < -0.4 is 5.32 Å².